The van der Waals surface area contributed by atoms with Gasteiger partial charge in [-0.25, -0.2) is 0 Å². The average molecular weight is 331 g/mol. The summed E-state index contributed by atoms with van der Waals surface area (Å²) in [4.78, 5) is 22.1. The molecule has 0 radical (unpaired) electrons. The Balaban J connectivity index is 1.49. The van der Waals surface area contributed by atoms with Crippen LogP contribution >= 0.6 is 11.8 Å². The third-order valence-corrected chi connectivity index (χ3v) is 5.85. The van der Waals surface area contributed by atoms with Crippen molar-refractivity contribution >= 4 is 28.9 Å². The van der Waals surface area contributed by atoms with E-state index in [0.29, 0.717) is 10.9 Å². The molecule has 4 rings (SSSR count). The first-order chi connectivity index (χ1) is 11.1. The number of piperazine rings is 1. The van der Waals surface area contributed by atoms with Crippen LogP contribution in [-0.4, -0.2) is 62.9 Å². The summed E-state index contributed by atoms with van der Waals surface area (Å²) in [7, 11) is 1.89. The molecular weight excluding hydrogens is 310 g/mol. The van der Waals surface area contributed by atoms with Crippen molar-refractivity contribution in [3.05, 3.63) is 22.4 Å². The van der Waals surface area contributed by atoms with Gasteiger partial charge < -0.3 is 4.90 Å². The number of carbonyl (C=O) groups excluding carboxylic acids is 1. The summed E-state index contributed by atoms with van der Waals surface area (Å²) in [5, 5.41) is 5.19. The van der Waals surface area contributed by atoms with E-state index in [2.05, 4.69) is 19.9 Å². The molecule has 2 fully saturated rings. The molecule has 0 saturated carbocycles. The van der Waals surface area contributed by atoms with Crippen LogP contribution in [0.2, 0.25) is 0 Å². The number of rotatable bonds is 1. The Morgan fingerprint density at radius 3 is 3.00 bits per heavy atom. The summed E-state index contributed by atoms with van der Waals surface area (Å²) in [5.41, 5.74) is 1.92. The van der Waals surface area contributed by atoms with Crippen LogP contribution in [0.3, 0.4) is 0 Å². The van der Waals surface area contributed by atoms with E-state index in [1.54, 1.807) is 4.68 Å². The second kappa shape index (κ2) is 5.79. The SMILES string of the molecule is Cc1nn(C)cc1C=C1SC(N2CCN3CCCC3C2)=NC1=O. The molecule has 1 aromatic rings. The molecule has 0 spiro atoms. The summed E-state index contributed by atoms with van der Waals surface area (Å²) in [6, 6.07) is 0.635. The number of fused-ring (bicyclic) bond motifs is 1. The monoisotopic (exact) mass is 331 g/mol. The molecule has 2 saturated heterocycles. The third kappa shape index (κ3) is 2.83. The zero-order chi connectivity index (χ0) is 16.0. The molecule has 4 heterocycles. The molecule has 6 nitrogen and oxygen atoms in total. The topological polar surface area (TPSA) is 53.7 Å². The van der Waals surface area contributed by atoms with E-state index in [-0.39, 0.29) is 5.91 Å². The lowest BCUT2D eigenvalue weighted by atomic mass is 10.2. The van der Waals surface area contributed by atoms with Gasteiger partial charge in [0.05, 0.1) is 10.6 Å². The smallest absolute Gasteiger partial charge is 0.286 e. The lowest BCUT2D eigenvalue weighted by Gasteiger charge is -2.38. The second-order valence-electron chi connectivity index (χ2n) is 6.43. The van der Waals surface area contributed by atoms with Crippen molar-refractivity contribution < 1.29 is 4.79 Å². The van der Waals surface area contributed by atoms with Crippen LogP contribution in [0.4, 0.5) is 0 Å². The zero-order valence-electron chi connectivity index (χ0n) is 13.5. The molecule has 1 aromatic heterocycles. The maximum absolute atomic E-state index is 12.2. The van der Waals surface area contributed by atoms with E-state index < -0.39 is 0 Å². The third-order valence-electron chi connectivity index (χ3n) is 4.81. The van der Waals surface area contributed by atoms with Crippen LogP contribution < -0.4 is 0 Å². The fraction of sp³-hybridized carbons (Fsp3) is 0.562. The van der Waals surface area contributed by atoms with Gasteiger partial charge in [0.2, 0.25) is 0 Å². The molecule has 1 amide bonds. The number of amidine groups is 1. The van der Waals surface area contributed by atoms with Gasteiger partial charge in [0.25, 0.3) is 5.91 Å². The van der Waals surface area contributed by atoms with E-state index in [4.69, 9.17) is 0 Å². The van der Waals surface area contributed by atoms with Gasteiger partial charge in [0.15, 0.2) is 5.17 Å². The molecule has 0 aromatic carbocycles. The lowest BCUT2D eigenvalue weighted by molar-refractivity contribution is -0.113. The van der Waals surface area contributed by atoms with Crippen molar-refractivity contribution in [2.45, 2.75) is 25.8 Å². The summed E-state index contributed by atoms with van der Waals surface area (Å²) in [6.45, 7) is 6.23. The maximum atomic E-state index is 12.2. The van der Waals surface area contributed by atoms with Gasteiger partial charge >= 0.3 is 0 Å². The first-order valence-electron chi connectivity index (χ1n) is 8.12. The van der Waals surface area contributed by atoms with Crippen LogP contribution in [-0.2, 0) is 11.8 Å². The largest absolute Gasteiger partial charge is 0.348 e. The number of nitrogens with zero attached hydrogens (tertiary/aromatic N) is 5. The lowest BCUT2D eigenvalue weighted by Crippen LogP contribution is -2.51. The molecule has 0 bridgehead atoms. The Morgan fingerprint density at radius 1 is 1.35 bits per heavy atom. The standard InChI is InChI=1S/C16H21N5OS/c1-11-12(9-19(2)18-11)8-14-15(22)17-16(23-14)21-7-6-20-5-3-4-13(20)10-21/h8-9,13H,3-7,10H2,1-2H3. The van der Waals surface area contributed by atoms with Crippen molar-refractivity contribution in [1.29, 1.82) is 0 Å². The number of aryl methyl sites for hydroxylation is 2. The van der Waals surface area contributed by atoms with Gasteiger partial charge in [0.1, 0.15) is 0 Å². The Morgan fingerprint density at radius 2 is 2.22 bits per heavy atom. The van der Waals surface area contributed by atoms with Gasteiger partial charge in [-0.05, 0) is 44.1 Å². The second-order valence-corrected chi connectivity index (χ2v) is 7.44. The zero-order valence-corrected chi connectivity index (χ0v) is 14.3. The van der Waals surface area contributed by atoms with Crippen molar-refractivity contribution in [2.24, 2.45) is 12.0 Å². The van der Waals surface area contributed by atoms with Gasteiger partial charge in [-0.3, -0.25) is 14.4 Å². The normalized spacial score (nSPS) is 27.0. The van der Waals surface area contributed by atoms with Crippen molar-refractivity contribution in [3.63, 3.8) is 0 Å². The molecule has 122 valence electrons. The predicted molar refractivity (Wildman–Crippen MR) is 92.1 cm³/mol. The minimum Gasteiger partial charge on any atom is -0.348 e. The van der Waals surface area contributed by atoms with Crippen molar-refractivity contribution in [3.8, 4) is 0 Å². The number of aromatic nitrogens is 2. The number of thioether (sulfide) groups is 1. The Bertz CT molecular complexity index is 707. The summed E-state index contributed by atoms with van der Waals surface area (Å²) in [5.74, 6) is -0.123. The quantitative estimate of drug-likeness (QED) is 0.730. The van der Waals surface area contributed by atoms with Crippen LogP contribution in [0, 0.1) is 6.92 Å². The van der Waals surface area contributed by atoms with Gasteiger partial charge in [0, 0.05) is 44.5 Å². The number of amides is 1. The molecule has 1 unspecified atom stereocenters. The maximum Gasteiger partial charge on any atom is 0.286 e. The number of hydrogen-bond donors (Lipinski definition) is 0. The van der Waals surface area contributed by atoms with Crippen LogP contribution in [0.5, 0.6) is 0 Å². The summed E-state index contributed by atoms with van der Waals surface area (Å²) in [6.07, 6.45) is 6.41. The number of hydrogen-bond acceptors (Lipinski definition) is 5. The van der Waals surface area contributed by atoms with Crippen LogP contribution in [0.1, 0.15) is 24.1 Å². The van der Waals surface area contributed by atoms with Gasteiger partial charge in [-0.1, -0.05) is 0 Å². The summed E-state index contributed by atoms with van der Waals surface area (Å²) >= 11 is 1.50. The van der Waals surface area contributed by atoms with Crippen molar-refractivity contribution in [2.75, 3.05) is 26.2 Å². The molecule has 3 aliphatic heterocycles. The first-order valence-corrected chi connectivity index (χ1v) is 8.93. The fourth-order valence-corrected chi connectivity index (χ4v) is 4.54. The Kier molecular flexibility index (Phi) is 3.77. The van der Waals surface area contributed by atoms with E-state index in [1.807, 2.05) is 26.2 Å². The highest BCUT2D eigenvalue weighted by atomic mass is 32.2. The molecule has 0 N–H and O–H groups in total. The van der Waals surface area contributed by atoms with Crippen molar-refractivity contribution in [1.82, 2.24) is 19.6 Å². The van der Waals surface area contributed by atoms with E-state index in [1.165, 1.54) is 31.1 Å². The Hall–Kier alpha value is -1.60. The first kappa shape index (κ1) is 15.0. The van der Waals surface area contributed by atoms with Gasteiger partial charge in [-0.2, -0.15) is 10.1 Å². The average Bonchev–Trinajstić information content (AvgIpc) is 3.19. The van der Waals surface area contributed by atoms with Crippen LogP contribution in [0.25, 0.3) is 6.08 Å². The van der Waals surface area contributed by atoms with E-state index >= 15 is 0 Å². The summed E-state index contributed by atoms with van der Waals surface area (Å²) < 4.78 is 1.77. The highest BCUT2D eigenvalue weighted by Crippen LogP contribution is 2.32. The molecule has 0 aliphatic carbocycles. The fourth-order valence-electron chi connectivity index (χ4n) is 3.60. The Labute approximate surface area is 140 Å². The highest BCUT2D eigenvalue weighted by molar-refractivity contribution is 8.18. The van der Waals surface area contributed by atoms with Crippen LogP contribution in [0.15, 0.2) is 16.1 Å². The number of carbonyl (C=O) groups is 1. The van der Waals surface area contributed by atoms with E-state index in [0.717, 1.165) is 36.1 Å². The molecule has 1 atom stereocenters. The van der Waals surface area contributed by atoms with E-state index in [9.17, 15) is 4.79 Å². The minimum absolute atomic E-state index is 0.123. The minimum atomic E-state index is -0.123. The molecule has 23 heavy (non-hydrogen) atoms. The highest BCUT2D eigenvalue weighted by Gasteiger charge is 2.34. The molecular formula is C16H21N5OS. The molecule has 3 aliphatic rings. The molecule has 7 heteroatoms. The van der Waals surface area contributed by atoms with Gasteiger partial charge in [-0.15, -0.1) is 0 Å². The number of aliphatic imine (C=N–C) groups is 1. The predicted octanol–water partition coefficient (Wildman–Crippen LogP) is 1.48.